The monoisotopic (exact) mass is 318 g/mol. The molecule has 1 aromatic carbocycles. The molecule has 2 aliphatic rings. The normalized spacial score (nSPS) is 26.7. The van der Waals surface area contributed by atoms with E-state index in [0.717, 1.165) is 25.8 Å². The average molecular weight is 318 g/mol. The highest BCUT2D eigenvalue weighted by molar-refractivity contribution is 5.99. The highest BCUT2D eigenvalue weighted by Gasteiger charge is 2.50. The Hall–Kier alpha value is -1.91. The van der Waals surface area contributed by atoms with E-state index in [1.807, 2.05) is 4.90 Å². The quantitative estimate of drug-likeness (QED) is 0.927. The number of carbonyl (C=O) groups is 2. The van der Waals surface area contributed by atoms with E-state index < -0.39 is 0 Å². The number of likely N-dealkylation sites (tertiary alicyclic amines) is 1. The predicted molar refractivity (Wildman–Crippen MR) is 86.3 cm³/mol. The average Bonchev–Trinajstić information content (AvgIpc) is 3.35. The van der Waals surface area contributed by atoms with Crippen LogP contribution in [-0.2, 0) is 9.59 Å². The fourth-order valence-corrected chi connectivity index (χ4v) is 3.49. The molecule has 1 aromatic rings. The minimum Gasteiger partial charge on any atom is -0.339 e. The zero-order valence-corrected chi connectivity index (χ0v) is 13.4. The summed E-state index contributed by atoms with van der Waals surface area (Å²) in [5, 5.41) is 2.71. The van der Waals surface area contributed by atoms with Gasteiger partial charge >= 0.3 is 0 Å². The first-order chi connectivity index (χ1) is 11.1. The number of rotatable bonds is 4. The van der Waals surface area contributed by atoms with E-state index in [1.165, 1.54) is 18.6 Å². The van der Waals surface area contributed by atoms with Crippen molar-refractivity contribution in [2.75, 3.05) is 11.9 Å². The van der Waals surface area contributed by atoms with E-state index in [9.17, 15) is 14.0 Å². The van der Waals surface area contributed by atoms with Crippen molar-refractivity contribution >= 4 is 17.5 Å². The highest BCUT2D eigenvalue weighted by atomic mass is 19.1. The van der Waals surface area contributed by atoms with Crippen LogP contribution in [0.3, 0.4) is 0 Å². The van der Waals surface area contributed by atoms with Crippen molar-refractivity contribution in [3.8, 4) is 0 Å². The van der Waals surface area contributed by atoms with E-state index in [0.29, 0.717) is 18.2 Å². The third-order valence-electron chi connectivity index (χ3n) is 4.92. The van der Waals surface area contributed by atoms with Crippen LogP contribution in [0.15, 0.2) is 24.3 Å². The molecule has 0 bridgehead atoms. The van der Waals surface area contributed by atoms with Crippen LogP contribution in [0.5, 0.6) is 0 Å². The molecular weight excluding hydrogens is 295 g/mol. The number of hydrogen-bond acceptors (Lipinski definition) is 2. The van der Waals surface area contributed by atoms with Crippen molar-refractivity contribution < 1.29 is 14.0 Å². The maximum Gasteiger partial charge on any atom is 0.228 e. The number of benzene rings is 1. The summed E-state index contributed by atoms with van der Waals surface area (Å²) in [6.45, 7) is 2.92. The lowest BCUT2D eigenvalue weighted by Gasteiger charge is -2.35. The molecule has 1 heterocycles. The van der Waals surface area contributed by atoms with E-state index >= 15 is 0 Å². The summed E-state index contributed by atoms with van der Waals surface area (Å²) >= 11 is 0. The molecule has 2 amide bonds. The number of amides is 2. The molecule has 5 heteroatoms. The minimum absolute atomic E-state index is 0.121. The Morgan fingerprint density at radius 3 is 2.87 bits per heavy atom. The smallest absolute Gasteiger partial charge is 0.228 e. The van der Waals surface area contributed by atoms with Gasteiger partial charge < -0.3 is 10.2 Å². The molecule has 3 rings (SSSR count). The van der Waals surface area contributed by atoms with Crippen LogP contribution in [0.25, 0.3) is 0 Å². The Morgan fingerprint density at radius 1 is 1.30 bits per heavy atom. The van der Waals surface area contributed by atoms with Crippen LogP contribution in [0.4, 0.5) is 10.1 Å². The molecule has 2 fully saturated rings. The molecule has 1 aliphatic heterocycles. The van der Waals surface area contributed by atoms with Crippen LogP contribution in [0, 0.1) is 17.7 Å². The third kappa shape index (κ3) is 3.54. The van der Waals surface area contributed by atoms with Gasteiger partial charge in [0.25, 0.3) is 0 Å². The second-order valence-electron chi connectivity index (χ2n) is 6.54. The van der Waals surface area contributed by atoms with Gasteiger partial charge in [-0.3, -0.25) is 9.59 Å². The van der Waals surface area contributed by atoms with E-state index in [2.05, 4.69) is 12.2 Å². The molecule has 0 radical (unpaired) electrons. The Morgan fingerprint density at radius 2 is 2.13 bits per heavy atom. The van der Waals surface area contributed by atoms with Crippen molar-refractivity contribution in [1.82, 2.24) is 4.90 Å². The molecule has 0 spiro atoms. The van der Waals surface area contributed by atoms with Crippen LogP contribution < -0.4 is 5.32 Å². The molecule has 1 N–H and O–H groups in total. The van der Waals surface area contributed by atoms with Crippen LogP contribution in [0.1, 0.15) is 39.0 Å². The third-order valence-corrected chi connectivity index (χ3v) is 4.92. The summed E-state index contributed by atoms with van der Waals surface area (Å²) in [5.74, 6) is -0.916. The van der Waals surface area contributed by atoms with Crippen molar-refractivity contribution in [3.63, 3.8) is 0 Å². The van der Waals surface area contributed by atoms with Gasteiger partial charge in [-0.1, -0.05) is 13.0 Å². The maximum absolute atomic E-state index is 13.2. The van der Waals surface area contributed by atoms with Gasteiger partial charge in [-0.25, -0.2) is 4.39 Å². The zero-order valence-electron chi connectivity index (χ0n) is 13.4. The number of hydrogen-bond donors (Lipinski definition) is 1. The maximum atomic E-state index is 13.2. The SMILES string of the molecule is CCC1CCCCN1C(=O)C1CC1C(=O)Nc1cccc(F)c1. The molecule has 124 valence electrons. The van der Waals surface area contributed by atoms with Crippen molar-refractivity contribution in [2.24, 2.45) is 11.8 Å². The number of halogens is 1. The lowest BCUT2D eigenvalue weighted by Crippen LogP contribution is -2.44. The number of piperidine rings is 1. The second-order valence-corrected chi connectivity index (χ2v) is 6.54. The second kappa shape index (κ2) is 6.69. The van der Waals surface area contributed by atoms with Crippen LogP contribution in [0.2, 0.25) is 0 Å². The number of carbonyl (C=O) groups excluding carboxylic acids is 2. The summed E-state index contributed by atoms with van der Waals surface area (Å²) < 4.78 is 13.2. The van der Waals surface area contributed by atoms with Gasteiger partial charge in [-0.15, -0.1) is 0 Å². The highest BCUT2D eigenvalue weighted by Crippen LogP contribution is 2.42. The first-order valence-corrected chi connectivity index (χ1v) is 8.47. The zero-order chi connectivity index (χ0) is 16.4. The lowest BCUT2D eigenvalue weighted by atomic mass is 9.99. The minimum atomic E-state index is -0.384. The molecular formula is C18H23FN2O2. The molecule has 4 nitrogen and oxygen atoms in total. The van der Waals surface area contributed by atoms with E-state index in [-0.39, 0.29) is 29.5 Å². The van der Waals surface area contributed by atoms with Gasteiger partial charge in [0.05, 0.1) is 11.8 Å². The standard InChI is InChI=1S/C18H23FN2O2/c1-2-14-8-3-4-9-21(14)18(23)16-11-15(16)17(22)20-13-7-5-6-12(19)10-13/h5-7,10,14-16H,2-4,8-9,11H2,1H3,(H,20,22). The van der Waals surface area contributed by atoms with Crippen LogP contribution in [-0.4, -0.2) is 29.3 Å². The summed E-state index contributed by atoms with van der Waals surface area (Å²) in [4.78, 5) is 26.8. The van der Waals surface area contributed by atoms with Crippen molar-refractivity contribution in [2.45, 2.75) is 45.1 Å². The molecule has 23 heavy (non-hydrogen) atoms. The number of nitrogens with zero attached hydrogens (tertiary/aromatic N) is 1. The largest absolute Gasteiger partial charge is 0.339 e. The summed E-state index contributed by atoms with van der Waals surface area (Å²) in [6.07, 6.45) is 4.87. The van der Waals surface area contributed by atoms with Gasteiger partial charge in [-0.2, -0.15) is 0 Å². The molecule has 3 atom stereocenters. The Labute approximate surface area is 136 Å². The first kappa shape index (κ1) is 16.0. The predicted octanol–water partition coefficient (Wildman–Crippen LogP) is 3.19. The molecule has 3 unspecified atom stereocenters. The Kier molecular flexibility index (Phi) is 4.64. The fourth-order valence-electron chi connectivity index (χ4n) is 3.49. The van der Waals surface area contributed by atoms with E-state index in [1.54, 1.807) is 12.1 Å². The number of nitrogens with one attached hydrogen (secondary N) is 1. The van der Waals surface area contributed by atoms with Crippen LogP contribution >= 0.6 is 0 Å². The Balaban J connectivity index is 1.57. The van der Waals surface area contributed by atoms with Gasteiger partial charge in [-0.05, 0) is 50.3 Å². The summed E-state index contributed by atoms with van der Waals surface area (Å²) in [7, 11) is 0. The molecule has 0 aromatic heterocycles. The van der Waals surface area contributed by atoms with Gasteiger partial charge in [0.1, 0.15) is 5.82 Å². The number of anilines is 1. The lowest BCUT2D eigenvalue weighted by molar-refractivity contribution is -0.137. The van der Waals surface area contributed by atoms with Gasteiger partial charge in [0.2, 0.25) is 11.8 Å². The van der Waals surface area contributed by atoms with E-state index in [4.69, 9.17) is 0 Å². The molecule has 1 saturated heterocycles. The van der Waals surface area contributed by atoms with Gasteiger partial charge in [0.15, 0.2) is 0 Å². The topological polar surface area (TPSA) is 49.4 Å². The molecule has 1 aliphatic carbocycles. The van der Waals surface area contributed by atoms with Crippen molar-refractivity contribution in [3.05, 3.63) is 30.1 Å². The fraction of sp³-hybridized carbons (Fsp3) is 0.556. The summed E-state index contributed by atoms with van der Waals surface area (Å²) in [6, 6.07) is 6.15. The van der Waals surface area contributed by atoms with Gasteiger partial charge in [0, 0.05) is 18.3 Å². The Bertz CT molecular complexity index is 604. The molecule has 1 saturated carbocycles. The van der Waals surface area contributed by atoms with Crippen molar-refractivity contribution in [1.29, 1.82) is 0 Å². The first-order valence-electron chi connectivity index (χ1n) is 8.47. The summed E-state index contributed by atoms with van der Waals surface area (Å²) in [5.41, 5.74) is 0.442.